The van der Waals surface area contributed by atoms with Gasteiger partial charge >= 0.3 is 6.03 Å². The highest BCUT2D eigenvalue weighted by atomic mass is 35.5. The van der Waals surface area contributed by atoms with E-state index < -0.39 is 0 Å². The first-order valence-electron chi connectivity index (χ1n) is 6.98. The molecule has 22 heavy (non-hydrogen) atoms. The average molecular weight is 313 g/mol. The summed E-state index contributed by atoms with van der Waals surface area (Å²) in [5, 5.41) is 3.58. The number of aromatic amines is 1. The van der Waals surface area contributed by atoms with Crippen LogP contribution in [0.5, 0.6) is 0 Å². The minimum Gasteiger partial charge on any atom is -0.345 e. The zero-order valence-corrected chi connectivity index (χ0v) is 12.3. The molecule has 1 aromatic heterocycles. The van der Waals surface area contributed by atoms with Crippen LogP contribution in [0.3, 0.4) is 0 Å². The number of hydrogen-bond donors (Lipinski definition) is 2. The van der Waals surface area contributed by atoms with Gasteiger partial charge < -0.3 is 10.3 Å². The topological polar surface area (TPSA) is 61.0 Å². The van der Waals surface area contributed by atoms with Crippen molar-refractivity contribution in [3.8, 4) is 0 Å². The Morgan fingerprint density at radius 2 is 2.00 bits per heavy atom. The Bertz CT molecular complexity index is 843. The zero-order chi connectivity index (χ0) is 15.1. The molecule has 0 aliphatic carbocycles. The molecule has 5 nitrogen and oxygen atoms in total. The number of urea groups is 1. The molecular weight excluding hydrogens is 300 g/mol. The van der Waals surface area contributed by atoms with Crippen molar-refractivity contribution in [2.24, 2.45) is 0 Å². The Labute approximate surface area is 131 Å². The summed E-state index contributed by atoms with van der Waals surface area (Å²) in [5.41, 5.74) is 3.66. The van der Waals surface area contributed by atoms with Crippen molar-refractivity contribution < 1.29 is 4.79 Å². The number of H-pyrrole nitrogens is 1. The van der Waals surface area contributed by atoms with Gasteiger partial charge in [-0.1, -0.05) is 23.7 Å². The molecule has 0 radical (unpaired) electrons. The van der Waals surface area contributed by atoms with E-state index in [0.29, 0.717) is 11.6 Å². The number of nitrogens with one attached hydrogen (secondary N) is 2. The first-order valence-corrected chi connectivity index (χ1v) is 7.36. The van der Waals surface area contributed by atoms with Crippen molar-refractivity contribution in [1.82, 2.24) is 15.3 Å². The van der Waals surface area contributed by atoms with E-state index in [1.807, 2.05) is 42.5 Å². The summed E-state index contributed by atoms with van der Waals surface area (Å²) in [6, 6.07) is 13.2. The van der Waals surface area contributed by atoms with E-state index in [0.717, 1.165) is 22.3 Å². The fourth-order valence-corrected chi connectivity index (χ4v) is 2.95. The predicted molar refractivity (Wildman–Crippen MR) is 86.2 cm³/mol. The van der Waals surface area contributed by atoms with Gasteiger partial charge in [-0.05, 0) is 35.9 Å². The molecule has 1 atom stereocenters. The smallest absolute Gasteiger partial charge is 0.322 e. The summed E-state index contributed by atoms with van der Waals surface area (Å²) in [6.45, 7) is 0.569. The van der Waals surface area contributed by atoms with Gasteiger partial charge in [-0.3, -0.25) is 4.90 Å². The van der Waals surface area contributed by atoms with Crippen LogP contribution in [-0.4, -0.2) is 22.5 Å². The summed E-state index contributed by atoms with van der Waals surface area (Å²) >= 11 is 5.95. The molecule has 1 aliphatic rings. The molecule has 2 heterocycles. The van der Waals surface area contributed by atoms with E-state index in [1.54, 1.807) is 11.2 Å². The lowest BCUT2D eigenvalue weighted by Gasteiger charge is -2.23. The molecule has 2 amide bonds. The van der Waals surface area contributed by atoms with Gasteiger partial charge in [0.25, 0.3) is 0 Å². The molecule has 1 unspecified atom stereocenters. The number of rotatable bonds is 2. The van der Waals surface area contributed by atoms with Crippen LogP contribution < -0.4 is 10.2 Å². The summed E-state index contributed by atoms with van der Waals surface area (Å²) < 4.78 is 0. The average Bonchev–Trinajstić information content (AvgIpc) is 3.13. The van der Waals surface area contributed by atoms with Crippen LogP contribution in [0.25, 0.3) is 11.0 Å². The highest BCUT2D eigenvalue weighted by Gasteiger charge is 2.33. The van der Waals surface area contributed by atoms with Crippen molar-refractivity contribution in [2.45, 2.75) is 6.04 Å². The van der Waals surface area contributed by atoms with Gasteiger partial charge in [0, 0.05) is 17.3 Å². The second kappa shape index (κ2) is 5.03. The summed E-state index contributed by atoms with van der Waals surface area (Å²) in [7, 11) is 0. The molecule has 1 saturated heterocycles. The molecule has 2 aromatic carbocycles. The van der Waals surface area contributed by atoms with Gasteiger partial charge in [-0.25, -0.2) is 9.78 Å². The molecule has 2 N–H and O–H groups in total. The Kier molecular flexibility index (Phi) is 3.01. The first-order chi connectivity index (χ1) is 10.7. The Balaban J connectivity index is 1.76. The number of aromatic nitrogens is 2. The molecule has 0 bridgehead atoms. The SMILES string of the molecule is O=C1NCC(c2ccc(Cl)cc2)N1c1ccc2[nH]cnc2c1. The fourth-order valence-electron chi connectivity index (χ4n) is 2.82. The maximum Gasteiger partial charge on any atom is 0.322 e. The van der Waals surface area contributed by atoms with Crippen molar-refractivity contribution in [3.05, 3.63) is 59.4 Å². The van der Waals surface area contributed by atoms with E-state index in [4.69, 9.17) is 11.6 Å². The summed E-state index contributed by atoms with van der Waals surface area (Å²) in [5.74, 6) is 0. The predicted octanol–water partition coefficient (Wildman–Crippen LogP) is 3.49. The van der Waals surface area contributed by atoms with E-state index in [2.05, 4.69) is 15.3 Å². The van der Waals surface area contributed by atoms with Crippen LogP contribution in [0.1, 0.15) is 11.6 Å². The van der Waals surface area contributed by atoms with Crippen LogP contribution >= 0.6 is 11.6 Å². The summed E-state index contributed by atoms with van der Waals surface area (Å²) in [6.07, 6.45) is 1.65. The first kappa shape index (κ1) is 13.2. The number of hydrogen-bond acceptors (Lipinski definition) is 2. The molecular formula is C16H13ClN4O. The van der Waals surface area contributed by atoms with E-state index in [-0.39, 0.29) is 12.1 Å². The van der Waals surface area contributed by atoms with Crippen LogP contribution in [0.2, 0.25) is 5.02 Å². The maximum absolute atomic E-state index is 12.3. The lowest BCUT2D eigenvalue weighted by atomic mass is 10.1. The second-order valence-electron chi connectivity index (χ2n) is 5.23. The lowest BCUT2D eigenvalue weighted by molar-refractivity contribution is 0.251. The molecule has 0 saturated carbocycles. The quantitative estimate of drug-likeness (QED) is 0.761. The van der Waals surface area contributed by atoms with E-state index in [9.17, 15) is 4.79 Å². The van der Waals surface area contributed by atoms with Gasteiger partial charge in [0.15, 0.2) is 0 Å². The van der Waals surface area contributed by atoms with Gasteiger partial charge in [0.05, 0.1) is 23.4 Å². The number of fused-ring (bicyclic) bond motifs is 1. The number of halogens is 1. The number of benzene rings is 2. The highest BCUT2D eigenvalue weighted by Crippen LogP contribution is 2.32. The van der Waals surface area contributed by atoms with Crippen LogP contribution in [-0.2, 0) is 0 Å². The third-order valence-electron chi connectivity index (χ3n) is 3.92. The van der Waals surface area contributed by atoms with Gasteiger partial charge in [-0.2, -0.15) is 0 Å². The third-order valence-corrected chi connectivity index (χ3v) is 4.17. The van der Waals surface area contributed by atoms with Crippen molar-refractivity contribution in [3.63, 3.8) is 0 Å². The third kappa shape index (κ3) is 2.10. The lowest BCUT2D eigenvalue weighted by Crippen LogP contribution is -2.29. The zero-order valence-electron chi connectivity index (χ0n) is 11.6. The van der Waals surface area contributed by atoms with Gasteiger partial charge in [-0.15, -0.1) is 0 Å². The Morgan fingerprint density at radius 1 is 1.18 bits per heavy atom. The molecule has 1 aliphatic heterocycles. The van der Waals surface area contributed by atoms with Crippen molar-refractivity contribution in [1.29, 1.82) is 0 Å². The second-order valence-corrected chi connectivity index (χ2v) is 5.66. The molecule has 1 fully saturated rings. The summed E-state index contributed by atoms with van der Waals surface area (Å²) in [4.78, 5) is 21.3. The van der Waals surface area contributed by atoms with Gasteiger partial charge in [0.1, 0.15) is 0 Å². The Hall–Kier alpha value is -2.53. The highest BCUT2D eigenvalue weighted by molar-refractivity contribution is 6.30. The monoisotopic (exact) mass is 312 g/mol. The number of carbonyl (C=O) groups excluding carboxylic acids is 1. The standard InChI is InChI=1S/C16H13ClN4O/c17-11-3-1-10(2-4-11)15-8-18-16(22)21(15)12-5-6-13-14(7-12)20-9-19-13/h1-7,9,15H,8H2,(H,18,22)(H,19,20). The molecule has 0 spiro atoms. The maximum atomic E-state index is 12.3. The number of amides is 2. The van der Waals surface area contributed by atoms with E-state index in [1.165, 1.54) is 0 Å². The molecule has 110 valence electrons. The normalized spacial score (nSPS) is 18.0. The van der Waals surface area contributed by atoms with Crippen LogP contribution in [0.4, 0.5) is 10.5 Å². The Morgan fingerprint density at radius 3 is 2.82 bits per heavy atom. The fraction of sp³-hybridized carbons (Fsp3) is 0.125. The minimum absolute atomic E-state index is 0.0545. The molecule has 6 heteroatoms. The minimum atomic E-state index is -0.102. The van der Waals surface area contributed by atoms with Crippen LogP contribution in [0, 0.1) is 0 Å². The van der Waals surface area contributed by atoms with Crippen molar-refractivity contribution >= 4 is 34.4 Å². The van der Waals surface area contributed by atoms with Crippen molar-refractivity contribution in [2.75, 3.05) is 11.4 Å². The number of anilines is 1. The molecule has 4 rings (SSSR count). The largest absolute Gasteiger partial charge is 0.345 e. The number of nitrogens with zero attached hydrogens (tertiary/aromatic N) is 2. The number of imidazole rings is 1. The van der Waals surface area contributed by atoms with Crippen LogP contribution in [0.15, 0.2) is 48.8 Å². The number of carbonyl (C=O) groups is 1. The van der Waals surface area contributed by atoms with E-state index >= 15 is 0 Å². The molecule has 3 aromatic rings. The van der Waals surface area contributed by atoms with Gasteiger partial charge in [0.2, 0.25) is 0 Å².